The number of phenolic OH excluding ortho intramolecular Hbond substituents is 1. The van der Waals surface area contributed by atoms with E-state index in [-0.39, 0.29) is 11.2 Å². The van der Waals surface area contributed by atoms with E-state index < -0.39 is 32.3 Å². The Morgan fingerprint density at radius 2 is 1.75 bits per heavy atom. The van der Waals surface area contributed by atoms with Crippen LogP contribution in [0.3, 0.4) is 0 Å². The number of hydrogen-bond donors (Lipinski definition) is 1. The number of aromatic hydroxyl groups is 1. The van der Waals surface area contributed by atoms with Crippen LogP contribution in [0.25, 0.3) is 22.2 Å². The Morgan fingerprint density at radius 3 is 2.46 bits per heavy atom. The van der Waals surface area contributed by atoms with Gasteiger partial charge in [-0.3, -0.25) is 0 Å². The molecule has 10 heteroatoms. The zero-order chi connectivity index (χ0) is 20.1. The van der Waals surface area contributed by atoms with E-state index in [1.54, 1.807) is 6.07 Å². The van der Waals surface area contributed by atoms with Crippen LogP contribution in [0.1, 0.15) is 0 Å². The normalized spacial score (nSPS) is 11.8. The number of fused-ring (bicyclic) bond motifs is 1. The Kier molecular flexibility index (Phi) is 4.28. The van der Waals surface area contributed by atoms with E-state index >= 15 is 0 Å². The molecule has 4 rings (SSSR count). The number of nitrogens with zero attached hydrogens (tertiary/aromatic N) is 3. The third-order valence-electron chi connectivity index (χ3n) is 4.09. The number of rotatable bonds is 3. The topological polar surface area (TPSA) is 85.1 Å². The summed E-state index contributed by atoms with van der Waals surface area (Å²) in [6.45, 7) is 0. The molecule has 0 aliphatic rings. The van der Waals surface area contributed by atoms with E-state index in [1.807, 2.05) is 0 Å². The molecule has 0 fully saturated rings. The highest BCUT2D eigenvalue weighted by molar-refractivity contribution is 7.90. The minimum absolute atomic E-state index is 0.141. The lowest BCUT2D eigenvalue weighted by Crippen LogP contribution is -2.15. The van der Waals surface area contributed by atoms with Gasteiger partial charge in [0, 0.05) is 34.4 Å². The van der Waals surface area contributed by atoms with E-state index in [0.717, 1.165) is 3.97 Å². The quantitative estimate of drug-likeness (QED) is 0.541. The average Bonchev–Trinajstić information content (AvgIpc) is 3.04. The Bertz CT molecular complexity index is 1330. The molecule has 0 bridgehead atoms. The van der Waals surface area contributed by atoms with Crippen molar-refractivity contribution in [3.05, 3.63) is 71.8 Å². The largest absolute Gasteiger partial charge is 0.504 e. The number of benzene rings is 2. The van der Waals surface area contributed by atoms with Crippen LogP contribution in [0.5, 0.6) is 5.75 Å². The molecule has 28 heavy (non-hydrogen) atoms. The van der Waals surface area contributed by atoms with Gasteiger partial charge < -0.3 is 5.11 Å². The van der Waals surface area contributed by atoms with Crippen molar-refractivity contribution in [3.8, 4) is 17.0 Å². The molecule has 0 radical (unpaired) electrons. The summed E-state index contributed by atoms with van der Waals surface area (Å²) in [6, 6.07) is 6.96. The highest BCUT2D eigenvalue weighted by Crippen LogP contribution is 2.36. The van der Waals surface area contributed by atoms with Crippen LogP contribution in [0.4, 0.5) is 8.78 Å². The van der Waals surface area contributed by atoms with Gasteiger partial charge in [0.1, 0.15) is 17.0 Å². The lowest BCUT2D eigenvalue weighted by atomic mass is 10.2. The first-order valence-electron chi connectivity index (χ1n) is 7.79. The third-order valence-corrected chi connectivity index (χ3v) is 6.06. The molecule has 0 unspecified atom stereocenters. The first kappa shape index (κ1) is 18.3. The lowest BCUT2D eigenvalue weighted by Gasteiger charge is -2.13. The maximum atomic E-state index is 13.8. The smallest absolute Gasteiger partial charge is 0.272 e. The van der Waals surface area contributed by atoms with E-state index in [9.17, 15) is 22.3 Å². The fourth-order valence-electron chi connectivity index (χ4n) is 2.89. The molecule has 2 aromatic heterocycles. The van der Waals surface area contributed by atoms with Crippen molar-refractivity contribution in [3.63, 3.8) is 0 Å². The first-order chi connectivity index (χ1) is 13.3. The van der Waals surface area contributed by atoms with Crippen LogP contribution in [0.15, 0.2) is 60.0 Å². The minimum atomic E-state index is -4.60. The molecule has 2 heterocycles. The van der Waals surface area contributed by atoms with Crippen molar-refractivity contribution in [2.24, 2.45) is 0 Å². The van der Waals surface area contributed by atoms with E-state index in [0.29, 0.717) is 28.1 Å². The van der Waals surface area contributed by atoms with Gasteiger partial charge >= 0.3 is 0 Å². The summed E-state index contributed by atoms with van der Waals surface area (Å²) in [7, 11) is -4.60. The molecular formula is C18H10ClF2N3O3S. The molecule has 4 aromatic rings. The van der Waals surface area contributed by atoms with Crippen LogP contribution in [-0.4, -0.2) is 27.5 Å². The fourth-order valence-corrected chi connectivity index (χ4v) is 4.71. The summed E-state index contributed by atoms with van der Waals surface area (Å²) >= 11 is 6.00. The standard InChI is InChI=1S/C18H10ClF2N3O3S/c19-12-1-2-15-10(3-12)4-16(11-7-22-9-23-8-11)24(15)28(26,27)17-6-13(20)5-14(21)18(17)25/h1-9,25H. The highest BCUT2D eigenvalue weighted by Gasteiger charge is 2.29. The van der Waals surface area contributed by atoms with Crippen molar-refractivity contribution in [1.29, 1.82) is 0 Å². The molecule has 2 aromatic carbocycles. The third kappa shape index (κ3) is 2.88. The molecule has 0 atom stereocenters. The lowest BCUT2D eigenvalue weighted by molar-refractivity contribution is 0.411. The van der Waals surface area contributed by atoms with Crippen molar-refractivity contribution >= 4 is 32.5 Å². The predicted molar refractivity (Wildman–Crippen MR) is 98.6 cm³/mol. The van der Waals surface area contributed by atoms with Crippen molar-refractivity contribution < 1.29 is 22.3 Å². The molecule has 0 saturated carbocycles. The SMILES string of the molecule is O=S(=O)(c1cc(F)cc(F)c1O)n1c(-c2cncnc2)cc2cc(Cl)ccc21. The molecule has 6 nitrogen and oxygen atoms in total. The van der Waals surface area contributed by atoms with E-state index in [2.05, 4.69) is 9.97 Å². The van der Waals surface area contributed by atoms with Gasteiger partial charge in [0.2, 0.25) is 0 Å². The van der Waals surface area contributed by atoms with Crippen LogP contribution in [0.2, 0.25) is 5.02 Å². The molecule has 0 amide bonds. The van der Waals surface area contributed by atoms with Crippen molar-refractivity contribution in [2.45, 2.75) is 4.90 Å². The van der Waals surface area contributed by atoms with Gasteiger partial charge in [-0.25, -0.2) is 31.1 Å². The molecule has 142 valence electrons. The zero-order valence-electron chi connectivity index (χ0n) is 13.8. The van der Waals surface area contributed by atoms with Gasteiger partial charge in [-0.15, -0.1) is 0 Å². The van der Waals surface area contributed by atoms with Crippen LogP contribution >= 0.6 is 11.6 Å². The Balaban J connectivity index is 2.11. The van der Waals surface area contributed by atoms with Gasteiger partial charge in [-0.2, -0.15) is 0 Å². The maximum absolute atomic E-state index is 13.8. The Morgan fingerprint density at radius 1 is 1.04 bits per heavy atom. The van der Waals surface area contributed by atoms with Crippen LogP contribution < -0.4 is 0 Å². The zero-order valence-corrected chi connectivity index (χ0v) is 15.4. The van der Waals surface area contributed by atoms with E-state index in [4.69, 9.17) is 11.6 Å². The molecule has 0 saturated heterocycles. The Hall–Kier alpha value is -3.04. The monoisotopic (exact) mass is 421 g/mol. The molecule has 0 aliphatic carbocycles. The summed E-state index contributed by atoms with van der Waals surface area (Å²) in [5.74, 6) is -3.70. The van der Waals surface area contributed by atoms with Gasteiger partial charge in [-0.05, 0) is 30.3 Å². The van der Waals surface area contributed by atoms with Crippen molar-refractivity contribution in [1.82, 2.24) is 13.9 Å². The maximum Gasteiger partial charge on any atom is 0.272 e. The van der Waals surface area contributed by atoms with Gasteiger partial charge in [0.05, 0.1) is 11.2 Å². The minimum Gasteiger partial charge on any atom is -0.504 e. The molecule has 0 aliphatic heterocycles. The fraction of sp³-hybridized carbons (Fsp3) is 0. The second kappa shape index (κ2) is 6.54. The molecule has 1 N–H and O–H groups in total. The number of aromatic nitrogens is 3. The number of phenols is 1. The van der Waals surface area contributed by atoms with Crippen molar-refractivity contribution in [2.75, 3.05) is 0 Å². The molecular weight excluding hydrogens is 412 g/mol. The second-order valence-corrected chi connectivity index (χ2v) is 8.06. The Labute approximate surface area is 162 Å². The van der Waals surface area contributed by atoms with Gasteiger partial charge in [0.25, 0.3) is 10.0 Å². The summed E-state index contributed by atoms with van der Waals surface area (Å²) in [5, 5.41) is 10.8. The highest BCUT2D eigenvalue weighted by atomic mass is 35.5. The van der Waals surface area contributed by atoms with Crippen LogP contribution in [0, 0.1) is 11.6 Å². The summed E-state index contributed by atoms with van der Waals surface area (Å²) in [4.78, 5) is 6.84. The van der Waals surface area contributed by atoms with E-state index in [1.165, 1.54) is 36.9 Å². The van der Waals surface area contributed by atoms with Crippen LogP contribution in [-0.2, 0) is 10.0 Å². The summed E-state index contributed by atoms with van der Waals surface area (Å²) in [5.41, 5.74) is 0.684. The number of halogens is 3. The summed E-state index contributed by atoms with van der Waals surface area (Å²) in [6.07, 6.45) is 4.05. The first-order valence-corrected chi connectivity index (χ1v) is 9.61. The van der Waals surface area contributed by atoms with Gasteiger partial charge in [0.15, 0.2) is 11.6 Å². The molecule has 0 spiro atoms. The van der Waals surface area contributed by atoms with Gasteiger partial charge in [-0.1, -0.05) is 11.6 Å². The summed E-state index contributed by atoms with van der Waals surface area (Å²) < 4.78 is 55.0. The number of hydrogen-bond acceptors (Lipinski definition) is 5. The predicted octanol–water partition coefficient (Wildman–Crippen LogP) is 3.97. The average molecular weight is 422 g/mol. The second-order valence-electron chi connectivity index (χ2n) is 5.86.